The minimum Gasteiger partial charge on any atom is -0.356 e. The molecule has 1 aliphatic rings. The minimum atomic E-state index is 0.346. The molecule has 1 N–H and O–H groups in total. The summed E-state index contributed by atoms with van der Waals surface area (Å²) in [5.74, 6) is 0. The summed E-state index contributed by atoms with van der Waals surface area (Å²) >= 11 is 0. The van der Waals surface area contributed by atoms with Crippen molar-refractivity contribution in [3.63, 3.8) is 0 Å². The maximum absolute atomic E-state index is 10.1. The van der Waals surface area contributed by atoms with E-state index in [4.69, 9.17) is 0 Å². The van der Waals surface area contributed by atoms with Crippen molar-refractivity contribution in [2.45, 2.75) is 39.2 Å². The molecule has 58 valence electrons. The quantitative estimate of drug-likeness (QED) is 0.590. The molecule has 0 bridgehead atoms. The van der Waals surface area contributed by atoms with Crippen LogP contribution in [-0.4, -0.2) is 12.5 Å². The monoisotopic (exact) mass is 141 g/mol. The fraction of sp³-hybridized carbons (Fsp3) is 0.875. The first kappa shape index (κ1) is 7.58. The smallest absolute Gasteiger partial charge is 0.207 e. The van der Waals surface area contributed by atoms with Crippen LogP contribution in [0, 0.1) is 5.41 Å². The van der Waals surface area contributed by atoms with Gasteiger partial charge in [-0.25, -0.2) is 0 Å². The Bertz CT molecular complexity index is 129. The number of rotatable bonds is 3. The number of hydrogen-bond donors (Lipinski definition) is 1. The first-order valence-corrected chi connectivity index (χ1v) is 3.89. The lowest BCUT2D eigenvalue weighted by molar-refractivity contribution is -0.111. The van der Waals surface area contributed by atoms with Gasteiger partial charge in [-0.15, -0.1) is 0 Å². The van der Waals surface area contributed by atoms with Crippen LogP contribution in [0.2, 0.25) is 0 Å². The standard InChI is InChI=1S/C8H15NO/c1-7(9-6-10)8(2)4-3-5-8/h6-7H,3-5H2,1-2H3,(H,9,10). The molecule has 2 heteroatoms. The van der Waals surface area contributed by atoms with Crippen LogP contribution in [0.1, 0.15) is 33.1 Å². The van der Waals surface area contributed by atoms with Crippen LogP contribution < -0.4 is 5.32 Å². The number of hydrogen-bond acceptors (Lipinski definition) is 1. The Morgan fingerprint density at radius 2 is 2.20 bits per heavy atom. The Balaban J connectivity index is 2.38. The lowest BCUT2D eigenvalue weighted by atomic mass is 9.66. The Hall–Kier alpha value is -0.530. The molecule has 1 unspecified atom stereocenters. The zero-order valence-corrected chi connectivity index (χ0v) is 6.68. The summed E-state index contributed by atoms with van der Waals surface area (Å²) in [6, 6.07) is 0.346. The van der Waals surface area contributed by atoms with Gasteiger partial charge >= 0.3 is 0 Å². The van der Waals surface area contributed by atoms with Crippen LogP contribution in [-0.2, 0) is 4.79 Å². The van der Waals surface area contributed by atoms with Crippen LogP contribution in [0.5, 0.6) is 0 Å². The van der Waals surface area contributed by atoms with Crippen LogP contribution in [0.3, 0.4) is 0 Å². The van der Waals surface area contributed by atoms with Crippen molar-refractivity contribution < 1.29 is 4.79 Å². The number of amides is 1. The molecule has 1 fully saturated rings. The summed E-state index contributed by atoms with van der Waals surface area (Å²) in [5, 5.41) is 2.81. The number of carbonyl (C=O) groups excluding carboxylic acids is 1. The van der Waals surface area contributed by atoms with Gasteiger partial charge in [-0.3, -0.25) is 4.79 Å². The summed E-state index contributed by atoms with van der Waals surface area (Å²) in [7, 11) is 0. The highest BCUT2D eigenvalue weighted by atomic mass is 16.1. The van der Waals surface area contributed by atoms with Gasteiger partial charge in [0.25, 0.3) is 0 Å². The molecule has 0 aromatic heterocycles. The van der Waals surface area contributed by atoms with E-state index >= 15 is 0 Å². The molecule has 0 aliphatic heterocycles. The van der Waals surface area contributed by atoms with Gasteiger partial charge in [0.2, 0.25) is 6.41 Å². The fourth-order valence-corrected chi connectivity index (χ4v) is 1.47. The van der Waals surface area contributed by atoms with Crippen molar-refractivity contribution in [1.82, 2.24) is 5.32 Å². The third kappa shape index (κ3) is 1.15. The van der Waals surface area contributed by atoms with Gasteiger partial charge in [-0.2, -0.15) is 0 Å². The van der Waals surface area contributed by atoms with Crippen molar-refractivity contribution in [3.8, 4) is 0 Å². The van der Waals surface area contributed by atoms with Crippen molar-refractivity contribution in [1.29, 1.82) is 0 Å². The highest BCUT2D eigenvalue weighted by molar-refractivity contribution is 5.46. The molecule has 1 atom stereocenters. The molecular weight excluding hydrogens is 126 g/mol. The SMILES string of the molecule is CC(NC=O)C1(C)CCC1. The highest BCUT2D eigenvalue weighted by Crippen LogP contribution is 2.42. The van der Waals surface area contributed by atoms with Crippen LogP contribution in [0.15, 0.2) is 0 Å². The molecule has 0 saturated heterocycles. The summed E-state index contributed by atoms with van der Waals surface area (Å²) in [6.07, 6.45) is 4.64. The molecule has 0 heterocycles. The zero-order valence-electron chi connectivity index (χ0n) is 6.68. The zero-order chi connectivity index (χ0) is 7.61. The Labute approximate surface area is 62.0 Å². The minimum absolute atomic E-state index is 0.346. The summed E-state index contributed by atoms with van der Waals surface area (Å²) in [6.45, 7) is 4.31. The average Bonchev–Trinajstić information content (AvgIpc) is 1.83. The molecule has 2 nitrogen and oxygen atoms in total. The topological polar surface area (TPSA) is 29.1 Å². The Kier molecular flexibility index (Phi) is 1.97. The lowest BCUT2D eigenvalue weighted by Crippen LogP contribution is -2.45. The van der Waals surface area contributed by atoms with E-state index in [0.717, 1.165) is 6.41 Å². The molecule has 0 aromatic carbocycles. The van der Waals surface area contributed by atoms with Crippen molar-refractivity contribution in [2.75, 3.05) is 0 Å². The largest absolute Gasteiger partial charge is 0.356 e. The summed E-state index contributed by atoms with van der Waals surface area (Å²) < 4.78 is 0. The predicted molar refractivity (Wildman–Crippen MR) is 40.6 cm³/mol. The van der Waals surface area contributed by atoms with E-state index in [1.165, 1.54) is 19.3 Å². The fourth-order valence-electron chi connectivity index (χ4n) is 1.47. The predicted octanol–water partition coefficient (Wildman–Crippen LogP) is 1.31. The van der Waals surface area contributed by atoms with Gasteiger partial charge in [0.1, 0.15) is 0 Å². The first-order valence-electron chi connectivity index (χ1n) is 3.89. The molecule has 1 saturated carbocycles. The number of nitrogens with one attached hydrogen (secondary N) is 1. The van der Waals surface area contributed by atoms with Crippen LogP contribution >= 0.6 is 0 Å². The molecule has 1 rings (SSSR count). The van der Waals surface area contributed by atoms with Crippen molar-refractivity contribution in [3.05, 3.63) is 0 Å². The third-order valence-electron chi connectivity index (χ3n) is 2.86. The Morgan fingerprint density at radius 3 is 2.50 bits per heavy atom. The van der Waals surface area contributed by atoms with Gasteiger partial charge in [-0.1, -0.05) is 13.3 Å². The first-order chi connectivity index (χ1) is 4.69. The van der Waals surface area contributed by atoms with Gasteiger partial charge in [0.05, 0.1) is 0 Å². The van der Waals surface area contributed by atoms with Gasteiger partial charge in [0.15, 0.2) is 0 Å². The van der Waals surface area contributed by atoms with E-state index in [9.17, 15) is 4.79 Å². The summed E-state index contributed by atoms with van der Waals surface area (Å²) in [5.41, 5.74) is 0.390. The molecule has 1 aliphatic carbocycles. The third-order valence-corrected chi connectivity index (χ3v) is 2.86. The second kappa shape index (κ2) is 2.60. The van der Waals surface area contributed by atoms with E-state index in [1.54, 1.807) is 0 Å². The van der Waals surface area contributed by atoms with Crippen LogP contribution in [0.4, 0.5) is 0 Å². The molecular formula is C8H15NO. The van der Waals surface area contributed by atoms with Gasteiger partial charge in [0, 0.05) is 6.04 Å². The maximum atomic E-state index is 10.1. The molecule has 10 heavy (non-hydrogen) atoms. The van der Waals surface area contributed by atoms with Crippen LogP contribution in [0.25, 0.3) is 0 Å². The highest BCUT2D eigenvalue weighted by Gasteiger charge is 2.36. The normalized spacial score (nSPS) is 24.6. The second-order valence-corrected chi connectivity index (χ2v) is 3.51. The van der Waals surface area contributed by atoms with Gasteiger partial charge < -0.3 is 5.32 Å². The van der Waals surface area contributed by atoms with Gasteiger partial charge in [-0.05, 0) is 25.2 Å². The van der Waals surface area contributed by atoms with E-state index in [-0.39, 0.29) is 0 Å². The lowest BCUT2D eigenvalue weighted by Gasteiger charge is -2.43. The molecule has 0 aromatic rings. The summed E-state index contributed by atoms with van der Waals surface area (Å²) in [4.78, 5) is 10.1. The second-order valence-electron chi connectivity index (χ2n) is 3.51. The van der Waals surface area contributed by atoms with E-state index in [1.807, 2.05) is 0 Å². The Morgan fingerprint density at radius 1 is 1.60 bits per heavy atom. The molecule has 0 radical (unpaired) electrons. The van der Waals surface area contributed by atoms with Crippen molar-refractivity contribution in [2.24, 2.45) is 5.41 Å². The van der Waals surface area contributed by atoms with E-state index < -0.39 is 0 Å². The van der Waals surface area contributed by atoms with E-state index in [0.29, 0.717) is 11.5 Å². The molecule has 0 spiro atoms. The van der Waals surface area contributed by atoms with Crippen molar-refractivity contribution >= 4 is 6.41 Å². The molecule has 1 amide bonds. The van der Waals surface area contributed by atoms with E-state index in [2.05, 4.69) is 19.2 Å². The average molecular weight is 141 g/mol. The number of carbonyl (C=O) groups is 1. The maximum Gasteiger partial charge on any atom is 0.207 e.